The lowest BCUT2D eigenvalue weighted by molar-refractivity contribution is 0.523. The zero-order valence-electron chi connectivity index (χ0n) is 12.2. The highest BCUT2D eigenvalue weighted by Crippen LogP contribution is 2.19. The average molecular weight is 285 g/mol. The van der Waals surface area contributed by atoms with Gasteiger partial charge in [0, 0.05) is 13.6 Å². The lowest BCUT2D eigenvalue weighted by Gasteiger charge is -2.08. The summed E-state index contributed by atoms with van der Waals surface area (Å²) in [6.07, 6.45) is 7.98. The van der Waals surface area contributed by atoms with Gasteiger partial charge in [0.1, 0.15) is 10.8 Å². The SMILES string of the molecule is CNc1ncc(Cl)c(NCCCCCCC(C)C)n1. The van der Waals surface area contributed by atoms with Gasteiger partial charge in [0.05, 0.1) is 6.20 Å². The maximum Gasteiger partial charge on any atom is 0.224 e. The minimum absolute atomic E-state index is 0.568. The highest BCUT2D eigenvalue weighted by Gasteiger charge is 2.03. The van der Waals surface area contributed by atoms with Gasteiger partial charge in [-0.25, -0.2) is 4.98 Å². The van der Waals surface area contributed by atoms with E-state index in [1.54, 1.807) is 13.2 Å². The molecular weight excluding hydrogens is 260 g/mol. The molecule has 0 radical (unpaired) electrons. The van der Waals surface area contributed by atoms with Gasteiger partial charge in [-0.05, 0) is 12.3 Å². The van der Waals surface area contributed by atoms with Gasteiger partial charge in [-0.3, -0.25) is 0 Å². The van der Waals surface area contributed by atoms with Crippen LogP contribution in [0.1, 0.15) is 46.0 Å². The molecule has 19 heavy (non-hydrogen) atoms. The van der Waals surface area contributed by atoms with Gasteiger partial charge >= 0.3 is 0 Å². The van der Waals surface area contributed by atoms with Crippen molar-refractivity contribution in [2.45, 2.75) is 46.0 Å². The van der Waals surface area contributed by atoms with E-state index in [2.05, 4.69) is 34.4 Å². The fourth-order valence-corrected chi connectivity index (χ4v) is 2.01. The number of aromatic nitrogens is 2. The summed E-state index contributed by atoms with van der Waals surface area (Å²) >= 11 is 6.04. The third-order valence-corrected chi connectivity index (χ3v) is 3.25. The molecule has 0 aliphatic carbocycles. The molecule has 0 saturated heterocycles. The number of rotatable bonds is 9. The molecular formula is C14H25ClN4. The van der Waals surface area contributed by atoms with Crippen LogP contribution in [-0.4, -0.2) is 23.6 Å². The summed E-state index contributed by atoms with van der Waals surface area (Å²) in [6.45, 7) is 5.46. The van der Waals surface area contributed by atoms with Crippen LogP contribution in [0.4, 0.5) is 11.8 Å². The maximum absolute atomic E-state index is 6.04. The first-order valence-corrected chi connectivity index (χ1v) is 7.45. The van der Waals surface area contributed by atoms with Crippen LogP contribution < -0.4 is 10.6 Å². The topological polar surface area (TPSA) is 49.8 Å². The Hall–Kier alpha value is -1.03. The lowest BCUT2D eigenvalue weighted by Crippen LogP contribution is -2.06. The van der Waals surface area contributed by atoms with Crippen molar-refractivity contribution in [3.05, 3.63) is 11.2 Å². The molecule has 0 fully saturated rings. The Balaban J connectivity index is 2.18. The second kappa shape index (κ2) is 8.97. The Morgan fingerprint density at radius 1 is 1.21 bits per heavy atom. The first kappa shape index (κ1) is 16.0. The van der Waals surface area contributed by atoms with E-state index < -0.39 is 0 Å². The number of nitrogens with zero attached hydrogens (tertiary/aromatic N) is 2. The van der Waals surface area contributed by atoms with Crippen molar-refractivity contribution in [1.82, 2.24) is 9.97 Å². The molecule has 0 bridgehead atoms. The molecule has 1 aromatic rings. The van der Waals surface area contributed by atoms with E-state index in [0.717, 1.165) is 18.9 Å². The van der Waals surface area contributed by atoms with Crippen LogP contribution in [0.5, 0.6) is 0 Å². The molecule has 5 heteroatoms. The van der Waals surface area contributed by atoms with E-state index in [0.29, 0.717) is 16.8 Å². The Morgan fingerprint density at radius 2 is 1.95 bits per heavy atom. The third-order valence-electron chi connectivity index (χ3n) is 2.97. The Morgan fingerprint density at radius 3 is 2.63 bits per heavy atom. The van der Waals surface area contributed by atoms with Gasteiger partial charge in [0.25, 0.3) is 0 Å². The summed E-state index contributed by atoms with van der Waals surface area (Å²) in [7, 11) is 1.79. The molecule has 0 spiro atoms. The molecule has 4 nitrogen and oxygen atoms in total. The first-order valence-electron chi connectivity index (χ1n) is 7.07. The van der Waals surface area contributed by atoms with E-state index in [4.69, 9.17) is 11.6 Å². The van der Waals surface area contributed by atoms with E-state index in [1.165, 1.54) is 25.7 Å². The van der Waals surface area contributed by atoms with Crippen molar-refractivity contribution in [3.63, 3.8) is 0 Å². The lowest BCUT2D eigenvalue weighted by atomic mass is 10.0. The van der Waals surface area contributed by atoms with Crippen LogP contribution in [0.25, 0.3) is 0 Å². The van der Waals surface area contributed by atoms with Crippen LogP contribution in [-0.2, 0) is 0 Å². The molecule has 1 rings (SSSR count). The molecule has 0 aromatic carbocycles. The van der Waals surface area contributed by atoms with Crippen LogP contribution in [0.2, 0.25) is 5.02 Å². The van der Waals surface area contributed by atoms with E-state index in [1.807, 2.05) is 0 Å². The molecule has 1 heterocycles. The summed E-state index contributed by atoms with van der Waals surface area (Å²) in [5.74, 6) is 2.12. The smallest absolute Gasteiger partial charge is 0.224 e. The molecule has 0 aliphatic heterocycles. The molecule has 2 N–H and O–H groups in total. The van der Waals surface area contributed by atoms with E-state index in [-0.39, 0.29) is 0 Å². The third kappa shape index (κ3) is 6.62. The quantitative estimate of drug-likeness (QED) is 0.668. The van der Waals surface area contributed by atoms with Crippen molar-refractivity contribution >= 4 is 23.4 Å². The van der Waals surface area contributed by atoms with Crippen LogP contribution in [0.3, 0.4) is 0 Å². The average Bonchev–Trinajstić information content (AvgIpc) is 2.39. The Kier molecular flexibility index (Phi) is 7.56. The maximum atomic E-state index is 6.04. The first-order chi connectivity index (χ1) is 9.13. The number of halogens is 1. The molecule has 0 amide bonds. The van der Waals surface area contributed by atoms with Crippen molar-refractivity contribution < 1.29 is 0 Å². The van der Waals surface area contributed by atoms with Gasteiger partial charge in [0.2, 0.25) is 5.95 Å². The zero-order valence-corrected chi connectivity index (χ0v) is 12.9. The van der Waals surface area contributed by atoms with E-state index in [9.17, 15) is 0 Å². The zero-order chi connectivity index (χ0) is 14.1. The Labute approximate surface area is 121 Å². The summed E-state index contributed by atoms with van der Waals surface area (Å²) in [5.41, 5.74) is 0. The fraction of sp³-hybridized carbons (Fsp3) is 0.714. The molecule has 1 aromatic heterocycles. The van der Waals surface area contributed by atoms with Gasteiger partial charge < -0.3 is 10.6 Å². The predicted molar refractivity (Wildman–Crippen MR) is 83.0 cm³/mol. The minimum atomic E-state index is 0.568. The second-order valence-corrected chi connectivity index (χ2v) is 5.57. The number of nitrogens with one attached hydrogen (secondary N) is 2. The largest absolute Gasteiger partial charge is 0.369 e. The molecule has 0 unspecified atom stereocenters. The predicted octanol–water partition coefficient (Wildman–Crippen LogP) is 4.19. The van der Waals surface area contributed by atoms with Crippen molar-refractivity contribution in [3.8, 4) is 0 Å². The van der Waals surface area contributed by atoms with E-state index >= 15 is 0 Å². The highest BCUT2D eigenvalue weighted by atomic mass is 35.5. The fourth-order valence-electron chi connectivity index (χ4n) is 1.85. The summed E-state index contributed by atoms with van der Waals surface area (Å²) in [4.78, 5) is 8.33. The number of hydrogen-bond acceptors (Lipinski definition) is 4. The van der Waals surface area contributed by atoms with Gasteiger partial charge in [-0.15, -0.1) is 0 Å². The number of hydrogen-bond donors (Lipinski definition) is 2. The molecule has 0 aliphatic rings. The monoisotopic (exact) mass is 284 g/mol. The number of anilines is 2. The summed E-state index contributed by atoms with van der Waals surface area (Å²) < 4.78 is 0. The van der Waals surface area contributed by atoms with Gasteiger partial charge in [-0.2, -0.15) is 4.98 Å². The van der Waals surface area contributed by atoms with Crippen molar-refractivity contribution in [2.75, 3.05) is 24.2 Å². The van der Waals surface area contributed by atoms with Crippen LogP contribution in [0, 0.1) is 5.92 Å². The van der Waals surface area contributed by atoms with Crippen molar-refractivity contribution in [1.29, 1.82) is 0 Å². The molecule has 0 atom stereocenters. The highest BCUT2D eigenvalue weighted by molar-refractivity contribution is 6.32. The minimum Gasteiger partial charge on any atom is -0.369 e. The summed E-state index contributed by atoms with van der Waals surface area (Å²) in [5, 5.41) is 6.74. The van der Waals surface area contributed by atoms with Gasteiger partial charge in [0.15, 0.2) is 0 Å². The van der Waals surface area contributed by atoms with Crippen molar-refractivity contribution in [2.24, 2.45) is 5.92 Å². The normalized spacial score (nSPS) is 10.8. The molecule has 108 valence electrons. The Bertz CT molecular complexity index is 368. The standard InChI is InChI=1S/C14H25ClN4/c1-11(2)8-6-4-5-7-9-17-13-12(15)10-18-14(16-3)19-13/h10-11H,4-9H2,1-3H3,(H2,16,17,18,19). The summed E-state index contributed by atoms with van der Waals surface area (Å²) in [6, 6.07) is 0. The second-order valence-electron chi connectivity index (χ2n) is 5.16. The van der Waals surface area contributed by atoms with Gasteiger partial charge in [-0.1, -0.05) is 51.1 Å². The van der Waals surface area contributed by atoms with Crippen LogP contribution >= 0.6 is 11.6 Å². The molecule has 0 saturated carbocycles. The van der Waals surface area contributed by atoms with Crippen LogP contribution in [0.15, 0.2) is 6.20 Å². The number of unbranched alkanes of at least 4 members (excludes halogenated alkanes) is 3.